The number of ether oxygens (including phenoxy) is 2. The Morgan fingerprint density at radius 3 is 2.59 bits per heavy atom. The maximum absolute atomic E-state index is 13.4. The summed E-state index contributed by atoms with van der Waals surface area (Å²) in [5, 5.41) is 0. The summed E-state index contributed by atoms with van der Waals surface area (Å²) >= 11 is 0. The minimum atomic E-state index is -0.791. The van der Waals surface area contributed by atoms with Crippen LogP contribution >= 0.6 is 0 Å². The molecule has 29 heavy (non-hydrogen) atoms. The minimum Gasteiger partial charge on any atom is -0.344 e. The summed E-state index contributed by atoms with van der Waals surface area (Å²) in [6, 6.07) is 0. The van der Waals surface area contributed by atoms with Crippen LogP contribution in [0, 0.1) is 28.6 Å². The van der Waals surface area contributed by atoms with Crippen molar-refractivity contribution in [3.05, 3.63) is 11.6 Å². The third-order valence-electron chi connectivity index (χ3n) is 9.69. The van der Waals surface area contributed by atoms with Gasteiger partial charge in [-0.3, -0.25) is 9.59 Å². The molecule has 0 N–H and O–H groups in total. The summed E-state index contributed by atoms with van der Waals surface area (Å²) in [5.41, 5.74) is 0.589. The molecule has 0 spiro atoms. The minimum absolute atomic E-state index is 0.128. The summed E-state index contributed by atoms with van der Waals surface area (Å²) in [6.07, 6.45) is 9.24. The molecule has 1 heterocycles. The number of Topliss-reactive ketones (excluding diaryl/α,β-unsaturated/α-hetero) is 1. The number of carbonyl (C=O) groups is 2. The van der Waals surface area contributed by atoms with Crippen LogP contribution < -0.4 is 0 Å². The van der Waals surface area contributed by atoms with Gasteiger partial charge in [0, 0.05) is 18.3 Å². The molecule has 0 aromatic carbocycles. The molecule has 1 aliphatic heterocycles. The summed E-state index contributed by atoms with van der Waals surface area (Å²) < 4.78 is 13.0. The Morgan fingerprint density at radius 1 is 1.10 bits per heavy atom. The third-order valence-corrected chi connectivity index (χ3v) is 9.69. The number of hydrogen-bond donors (Lipinski definition) is 0. The molecule has 0 aromatic rings. The Morgan fingerprint density at radius 2 is 1.86 bits per heavy atom. The molecule has 5 rings (SSSR count). The van der Waals surface area contributed by atoms with Crippen molar-refractivity contribution in [2.75, 3.05) is 0 Å². The van der Waals surface area contributed by atoms with Crippen LogP contribution in [0.5, 0.6) is 0 Å². The lowest BCUT2D eigenvalue weighted by molar-refractivity contribution is -0.214. The van der Waals surface area contributed by atoms with Gasteiger partial charge in [-0.1, -0.05) is 26.3 Å². The number of ketones is 2. The van der Waals surface area contributed by atoms with Gasteiger partial charge in [0.1, 0.15) is 0 Å². The van der Waals surface area contributed by atoms with Gasteiger partial charge in [-0.05, 0) is 81.6 Å². The molecule has 3 saturated carbocycles. The molecule has 0 bridgehead atoms. The molecule has 4 fully saturated rings. The van der Waals surface area contributed by atoms with Crippen molar-refractivity contribution in [1.29, 1.82) is 0 Å². The monoisotopic (exact) mass is 400 g/mol. The molecule has 5 aliphatic rings. The third kappa shape index (κ3) is 2.39. The first-order chi connectivity index (χ1) is 13.6. The van der Waals surface area contributed by atoms with Crippen molar-refractivity contribution in [3.63, 3.8) is 0 Å². The van der Waals surface area contributed by atoms with Crippen LogP contribution in [0.4, 0.5) is 0 Å². The number of carbonyl (C=O) groups excluding carboxylic acids is 2. The fraction of sp³-hybridized carbons (Fsp3) is 0.840. The van der Waals surface area contributed by atoms with Crippen LogP contribution in [0.2, 0.25) is 0 Å². The van der Waals surface area contributed by atoms with Crippen molar-refractivity contribution in [2.45, 2.75) is 103 Å². The molecule has 0 aromatic heterocycles. The van der Waals surface area contributed by atoms with Gasteiger partial charge in [-0.25, -0.2) is 0 Å². The molecule has 160 valence electrons. The van der Waals surface area contributed by atoms with Gasteiger partial charge < -0.3 is 9.47 Å². The zero-order chi connectivity index (χ0) is 20.8. The highest BCUT2D eigenvalue weighted by Gasteiger charge is 2.75. The van der Waals surface area contributed by atoms with E-state index in [0.29, 0.717) is 36.4 Å². The normalized spacial score (nSPS) is 50.2. The van der Waals surface area contributed by atoms with Gasteiger partial charge >= 0.3 is 0 Å². The van der Waals surface area contributed by atoms with E-state index in [1.54, 1.807) is 0 Å². The van der Waals surface area contributed by atoms with Gasteiger partial charge in [0.2, 0.25) is 0 Å². The first-order valence-corrected chi connectivity index (χ1v) is 11.7. The maximum atomic E-state index is 13.4. The highest BCUT2D eigenvalue weighted by molar-refractivity contribution is 5.92. The average Bonchev–Trinajstić information content (AvgIpc) is 3.07. The van der Waals surface area contributed by atoms with Gasteiger partial charge in [0.25, 0.3) is 0 Å². The Bertz CT molecular complexity index is 797. The van der Waals surface area contributed by atoms with Crippen LogP contribution in [0.1, 0.15) is 86.0 Å². The van der Waals surface area contributed by atoms with Crippen molar-refractivity contribution < 1.29 is 19.1 Å². The van der Waals surface area contributed by atoms with Gasteiger partial charge in [0.15, 0.2) is 23.0 Å². The molecule has 3 unspecified atom stereocenters. The predicted molar refractivity (Wildman–Crippen MR) is 110 cm³/mol. The molecule has 4 nitrogen and oxygen atoms in total. The van der Waals surface area contributed by atoms with Gasteiger partial charge in [-0.15, -0.1) is 0 Å². The Balaban J connectivity index is 1.54. The molecule has 7 atom stereocenters. The van der Waals surface area contributed by atoms with E-state index in [0.717, 1.165) is 38.5 Å². The van der Waals surface area contributed by atoms with E-state index >= 15 is 0 Å². The number of allylic oxidation sites excluding steroid dienone is 1. The first kappa shape index (κ1) is 19.9. The molecule has 0 radical (unpaired) electrons. The topological polar surface area (TPSA) is 52.6 Å². The SMILES string of the molecule is CCC(=O)[C@@]12OC(C)(C)O[C@@H]1CC1C3CCC4=CC(=O)CC[C@]4(C)C3CC[C@@]12C. The van der Waals surface area contributed by atoms with E-state index in [1.807, 2.05) is 26.8 Å². The molecular weight excluding hydrogens is 364 g/mol. The van der Waals surface area contributed by atoms with Crippen LogP contribution in [0.15, 0.2) is 11.6 Å². The van der Waals surface area contributed by atoms with E-state index in [4.69, 9.17) is 9.47 Å². The molecule has 1 saturated heterocycles. The lowest BCUT2D eigenvalue weighted by atomic mass is 9.46. The predicted octanol–water partition coefficient (Wildman–Crippen LogP) is 5.00. The van der Waals surface area contributed by atoms with E-state index in [-0.39, 0.29) is 22.7 Å². The van der Waals surface area contributed by atoms with Crippen molar-refractivity contribution >= 4 is 11.6 Å². The largest absolute Gasteiger partial charge is 0.344 e. The fourth-order valence-corrected chi connectivity index (χ4v) is 8.43. The molecular formula is C25H36O4. The lowest BCUT2D eigenvalue weighted by Crippen LogP contribution is -2.60. The van der Waals surface area contributed by atoms with E-state index in [2.05, 4.69) is 13.8 Å². The van der Waals surface area contributed by atoms with E-state index in [9.17, 15) is 9.59 Å². The van der Waals surface area contributed by atoms with Crippen LogP contribution in [-0.2, 0) is 19.1 Å². The number of hydrogen-bond acceptors (Lipinski definition) is 4. The zero-order valence-corrected chi connectivity index (χ0v) is 18.7. The van der Waals surface area contributed by atoms with Gasteiger partial charge in [0.05, 0.1) is 6.10 Å². The van der Waals surface area contributed by atoms with Gasteiger partial charge in [-0.2, -0.15) is 0 Å². The Kier molecular flexibility index (Phi) is 4.15. The van der Waals surface area contributed by atoms with E-state index < -0.39 is 11.4 Å². The van der Waals surface area contributed by atoms with Crippen molar-refractivity contribution in [1.82, 2.24) is 0 Å². The summed E-state index contributed by atoms with van der Waals surface area (Å²) in [6.45, 7) is 10.6. The van der Waals surface area contributed by atoms with E-state index in [1.165, 1.54) is 5.57 Å². The average molecular weight is 401 g/mol. The lowest BCUT2D eigenvalue weighted by Gasteiger charge is -2.59. The Hall–Kier alpha value is -1.00. The molecule has 4 heteroatoms. The summed E-state index contributed by atoms with van der Waals surface area (Å²) in [5.74, 6) is 1.49. The number of rotatable bonds is 2. The second-order valence-corrected chi connectivity index (χ2v) is 11.3. The Labute approximate surface area is 174 Å². The second kappa shape index (κ2) is 6.03. The smallest absolute Gasteiger partial charge is 0.167 e. The molecule has 0 amide bonds. The quantitative estimate of drug-likeness (QED) is 0.655. The highest BCUT2D eigenvalue weighted by atomic mass is 16.8. The first-order valence-electron chi connectivity index (χ1n) is 11.7. The second-order valence-electron chi connectivity index (χ2n) is 11.3. The van der Waals surface area contributed by atoms with Crippen LogP contribution in [0.3, 0.4) is 0 Å². The van der Waals surface area contributed by atoms with Crippen LogP contribution in [-0.4, -0.2) is 29.1 Å². The maximum Gasteiger partial charge on any atom is 0.167 e. The fourth-order valence-electron chi connectivity index (χ4n) is 8.43. The van der Waals surface area contributed by atoms with Crippen LogP contribution in [0.25, 0.3) is 0 Å². The highest BCUT2D eigenvalue weighted by Crippen LogP contribution is 2.70. The molecule has 4 aliphatic carbocycles. The number of fused-ring (bicyclic) bond motifs is 7. The zero-order valence-electron chi connectivity index (χ0n) is 18.7. The summed E-state index contributed by atoms with van der Waals surface area (Å²) in [7, 11) is 0. The van der Waals surface area contributed by atoms with Crippen molar-refractivity contribution in [3.8, 4) is 0 Å². The van der Waals surface area contributed by atoms with Crippen molar-refractivity contribution in [2.24, 2.45) is 28.6 Å². The summed E-state index contributed by atoms with van der Waals surface area (Å²) in [4.78, 5) is 25.5. The standard InChI is InChI=1S/C25H36O4/c1-6-20(27)25-21(28-22(2,3)29-25)14-19-17-8-7-15-13-16(26)9-11-23(15,4)18(17)10-12-24(19,25)5/h13,17-19,21H,6-12,14H2,1-5H3/t17?,18?,19?,21-,23+,24+,25-/m1/s1.